The second kappa shape index (κ2) is 3.93. The Morgan fingerprint density at radius 1 is 1.00 bits per heavy atom. The average molecular weight is 198 g/mol. The van der Waals surface area contributed by atoms with Gasteiger partial charge in [0.25, 0.3) is 0 Å². The summed E-state index contributed by atoms with van der Waals surface area (Å²) in [6, 6.07) is 0.293. The molecule has 0 saturated carbocycles. The maximum absolute atomic E-state index is 5.13. The molecule has 0 fully saturated rings. The van der Waals surface area contributed by atoms with Crippen molar-refractivity contribution in [1.82, 2.24) is 11.0 Å². The first-order valence-electron chi connectivity index (χ1n) is 4.67. The SMILES string of the molecule is CC1CONC(C2=NC(C)CON2)=N1. The van der Waals surface area contributed by atoms with Crippen LogP contribution >= 0.6 is 0 Å². The number of hydrogen-bond acceptors (Lipinski definition) is 6. The van der Waals surface area contributed by atoms with Gasteiger partial charge in [0.15, 0.2) is 11.7 Å². The summed E-state index contributed by atoms with van der Waals surface area (Å²) in [5, 5.41) is 0. The summed E-state index contributed by atoms with van der Waals surface area (Å²) in [6.07, 6.45) is 0. The van der Waals surface area contributed by atoms with E-state index < -0.39 is 0 Å². The summed E-state index contributed by atoms with van der Waals surface area (Å²) >= 11 is 0. The van der Waals surface area contributed by atoms with Gasteiger partial charge in [-0.1, -0.05) is 0 Å². The Kier molecular flexibility index (Phi) is 2.64. The molecular weight excluding hydrogens is 184 g/mol. The van der Waals surface area contributed by atoms with Crippen LogP contribution in [-0.2, 0) is 9.68 Å². The molecule has 2 aliphatic heterocycles. The topological polar surface area (TPSA) is 67.2 Å². The number of rotatable bonds is 1. The van der Waals surface area contributed by atoms with Crippen molar-refractivity contribution in [3.63, 3.8) is 0 Å². The summed E-state index contributed by atoms with van der Waals surface area (Å²) in [4.78, 5) is 18.9. The molecule has 0 spiro atoms. The van der Waals surface area contributed by atoms with Gasteiger partial charge < -0.3 is 0 Å². The van der Waals surface area contributed by atoms with E-state index in [2.05, 4.69) is 20.9 Å². The Hall–Kier alpha value is -1.14. The molecule has 2 heterocycles. The molecule has 0 aromatic heterocycles. The third-order valence-corrected chi connectivity index (χ3v) is 1.91. The van der Waals surface area contributed by atoms with Crippen molar-refractivity contribution in [1.29, 1.82) is 0 Å². The Balaban J connectivity index is 2.13. The van der Waals surface area contributed by atoms with Gasteiger partial charge in [0.05, 0.1) is 25.3 Å². The summed E-state index contributed by atoms with van der Waals surface area (Å²) in [5.74, 6) is 1.21. The predicted molar refractivity (Wildman–Crippen MR) is 52.0 cm³/mol. The van der Waals surface area contributed by atoms with Crippen molar-refractivity contribution in [3.05, 3.63) is 0 Å². The fourth-order valence-corrected chi connectivity index (χ4v) is 1.25. The van der Waals surface area contributed by atoms with E-state index in [9.17, 15) is 0 Å². The van der Waals surface area contributed by atoms with Crippen LogP contribution in [0.5, 0.6) is 0 Å². The minimum atomic E-state index is 0.146. The third-order valence-electron chi connectivity index (χ3n) is 1.91. The molecule has 2 atom stereocenters. The van der Waals surface area contributed by atoms with Crippen LogP contribution in [0.1, 0.15) is 13.8 Å². The monoisotopic (exact) mass is 198 g/mol. The molecule has 0 bridgehead atoms. The molecule has 2 rings (SSSR count). The summed E-state index contributed by atoms with van der Waals surface area (Å²) in [6.45, 7) is 5.11. The maximum atomic E-state index is 5.13. The van der Waals surface area contributed by atoms with E-state index in [4.69, 9.17) is 9.68 Å². The molecule has 0 aromatic carbocycles. The van der Waals surface area contributed by atoms with Gasteiger partial charge >= 0.3 is 0 Å². The summed E-state index contributed by atoms with van der Waals surface area (Å²) < 4.78 is 0. The van der Waals surface area contributed by atoms with Gasteiger partial charge in [-0.15, -0.1) is 0 Å². The van der Waals surface area contributed by atoms with Gasteiger partial charge in [-0.05, 0) is 13.8 Å². The van der Waals surface area contributed by atoms with E-state index in [0.717, 1.165) is 0 Å². The van der Waals surface area contributed by atoms with Crippen LogP contribution in [-0.4, -0.2) is 37.0 Å². The smallest absolute Gasteiger partial charge is 0.190 e. The first-order chi connectivity index (χ1) is 6.75. The highest BCUT2D eigenvalue weighted by atomic mass is 16.7. The molecule has 0 aliphatic carbocycles. The van der Waals surface area contributed by atoms with E-state index >= 15 is 0 Å². The van der Waals surface area contributed by atoms with Crippen molar-refractivity contribution in [2.45, 2.75) is 25.9 Å². The van der Waals surface area contributed by atoms with Gasteiger partial charge in [0, 0.05) is 0 Å². The van der Waals surface area contributed by atoms with Crippen LogP contribution in [0.25, 0.3) is 0 Å². The van der Waals surface area contributed by atoms with Crippen molar-refractivity contribution < 1.29 is 9.68 Å². The Morgan fingerprint density at radius 2 is 1.43 bits per heavy atom. The zero-order valence-electron chi connectivity index (χ0n) is 8.28. The minimum Gasteiger partial charge on any atom is -0.272 e. The molecule has 0 saturated heterocycles. The molecule has 0 amide bonds. The number of amidine groups is 2. The molecule has 2 N–H and O–H groups in total. The second-order valence-corrected chi connectivity index (χ2v) is 3.48. The molecular formula is C8H14N4O2. The Labute approximate surface area is 82.3 Å². The van der Waals surface area contributed by atoms with Crippen molar-refractivity contribution >= 4 is 11.7 Å². The largest absolute Gasteiger partial charge is 0.272 e. The fraction of sp³-hybridized carbons (Fsp3) is 0.750. The van der Waals surface area contributed by atoms with E-state index in [0.29, 0.717) is 24.9 Å². The number of nitrogens with one attached hydrogen (secondary N) is 2. The first kappa shape index (κ1) is 9.42. The van der Waals surface area contributed by atoms with Crippen LogP contribution in [0, 0.1) is 0 Å². The number of aliphatic imine (C=N–C) groups is 2. The van der Waals surface area contributed by atoms with Crippen LogP contribution in [0.3, 0.4) is 0 Å². The van der Waals surface area contributed by atoms with Crippen molar-refractivity contribution in [3.8, 4) is 0 Å². The average Bonchev–Trinajstić information content (AvgIpc) is 2.18. The Bertz CT molecular complexity index is 249. The molecule has 14 heavy (non-hydrogen) atoms. The lowest BCUT2D eigenvalue weighted by Crippen LogP contribution is -2.47. The van der Waals surface area contributed by atoms with E-state index in [1.807, 2.05) is 13.8 Å². The quantitative estimate of drug-likeness (QED) is 0.603. The summed E-state index contributed by atoms with van der Waals surface area (Å²) in [7, 11) is 0. The highest BCUT2D eigenvalue weighted by molar-refractivity contribution is 6.40. The van der Waals surface area contributed by atoms with Gasteiger partial charge in [0.2, 0.25) is 0 Å². The standard InChI is InChI=1S/C8H14N4O2/c1-5-3-13-11-7(9-5)8-10-6(2)4-14-12-8/h5-6H,3-4H2,1-2H3,(H,9,11)(H,10,12). The minimum absolute atomic E-state index is 0.146. The lowest BCUT2D eigenvalue weighted by Gasteiger charge is -2.24. The third kappa shape index (κ3) is 2.02. The van der Waals surface area contributed by atoms with Crippen LogP contribution < -0.4 is 11.0 Å². The molecule has 78 valence electrons. The second-order valence-electron chi connectivity index (χ2n) is 3.48. The maximum Gasteiger partial charge on any atom is 0.190 e. The fourth-order valence-electron chi connectivity index (χ4n) is 1.25. The molecule has 0 radical (unpaired) electrons. The Morgan fingerprint density at radius 3 is 1.79 bits per heavy atom. The zero-order valence-corrected chi connectivity index (χ0v) is 8.28. The van der Waals surface area contributed by atoms with Crippen molar-refractivity contribution in [2.24, 2.45) is 9.98 Å². The lowest BCUT2D eigenvalue weighted by molar-refractivity contribution is 0.0562. The van der Waals surface area contributed by atoms with Gasteiger partial charge in [0.1, 0.15) is 0 Å². The molecule has 6 nitrogen and oxygen atoms in total. The number of nitrogens with zero attached hydrogens (tertiary/aromatic N) is 2. The van der Waals surface area contributed by atoms with E-state index in [-0.39, 0.29) is 12.1 Å². The van der Waals surface area contributed by atoms with Gasteiger partial charge in [-0.25, -0.2) is 11.0 Å². The van der Waals surface area contributed by atoms with Gasteiger partial charge in [-0.3, -0.25) is 19.7 Å². The highest BCUT2D eigenvalue weighted by Gasteiger charge is 2.20. The zero-order chi connectivity index (χ0) is 9.97. The van der Waals surface area contributed by atoms with Crippen molar-refractivity contribution in [2.75, 3.05) is 13.2 Å². The molecule has 2 aliphatic rings. The van der Waals surface area contributed by atoms with Gasteiger partial charge in [-0.2, -0.15) is 0 Å². The van der Waals surface area contributed by atoms with Crippen LogP contribution in [0.2, 0.25) is 0 Å². The first-order valence-corrected chi connectivity index (χ1v) is 4.67. The normalized spacial score (nSPS) is 32.4. The van der Waals surface area contributed by atoms with Crippen LogP contribution in [0.15, 0.2) is 9.98 Å². The molecule has 0 aromatic rings. The predicted octanol–water partition coefficient (Wildman–Crippen LogP) is -0.370. The molecule has 2 unspecified atom stereocenters. The van der Waals surface area contributed by atoms with Crippen LogP contribution in [0.4, 0.5) is 0 Å². The number of hydroxylamine groups is 2. The van der Waals surface area contributed by atoms with E-state index in [1.54, 1.807) is 0 Å². The van der Waals surface area contributed by atoms with E-state index in [1.165, 1.54) is 0 Å². The lowest BCUT2D eigenvalue weighted by atomic mass is 10.3. The molecule has 6 heteroatoms. The number of hydrogen-bond donors (Lipinski definition) is 2. The highest BCUT2D eigenvalue weighted by Crippen LogP contribution is 2.02. The summed E-state index contributed by atoms with van der Waals surface area (Å²) in [5.41, 5.74) is 5.43.